The Hall–Kier alpha value is -0.740. The van der Waals surface area contributed by atoms with Crippen LogP contribution in [0.2, 0.25) is 0 Å². The first kappa shape index (κ1) is 19.6. The molecule has 1 N–H and O–H groups in total. The number of piperidine rings is 1. The predicted molar refractivity (Wildman–Crippen MR) is 92.8 cm³/mol. The molecule has 0 radical (unpaired) electrons. The number of halogens is 1. The molecule has 0 aromatic carbocycles. The van der Waals surface area contributed by atoms with Gasteiger partial charge in [0.25, 0.3) is 0 Å². The molecule has 2 aliphatic heterocycles. The van der Waals surface area contributed by atoms with Gasteiger partial charge in [-0.2, -0.15) is 4.98 Å². The van der Waals surface area contributed by atoms with Gasteiger partial charge < -0.3 is 9.84 Å². The average molecular weight is 380 g/mol. The van der Waals surface area contributed by atoms with Gasteiger partial charge in [-0.05, 0) is 26.8 Å². The molecule has 8 nitrogen and oxygen atoms in total. The summed E-state index contributed by atoms with van der Waals surface area (Å²) in [6, 6.07) is 0.141. The van der Waals surface area contributed by atoms with Crippen molar-refractivity contribution in [3.63, 3.8) is 0 Å². The predicted octanol–water partition coefficient (Wildman–Crippen LogP) is 0.597. The Morgan fingerprint density at radius 2 is 2.00 bits per heavy atom. The number of likely N-dealkylation sites (N-methyl/N-ethyl adjacent to an activating group) is 1. The number of piperazine rings is 1. The number of aromatic nitrogens is 2. The van der Waals surface area contributed by atoms with Crippen molar-refractivity contribution < 1.29 is 12.9 Å². The molecule has 24 heavy (non-hydrogen) atoms. The molecule has 3 heterocycles. The highest BCUT2D eigenvalue weighted by Gasteiger charge is 2.32. The van der Waals surface area contributed by atoms with E-state index in [1.165, 1.54) is 0 Å². The fraction of sp³-hybridized carbons (Fsp3) is 0.857. The summed E-state index contributed by atoms with van der Waals surface area (Å²) in [5, 5.41) is 7.49. The van der Waals surface area contributed by atoms with Gasteiger partial charge in [-0.1, -0.05) is 5.16 Å². The van der Waals surface area contributed by atoms with Crippen molar-refractivity contribution in [3.05, 3.63) is 11.7 Å². The molecule has 1 atom stereocenters. The van der Waals surface area contributed by atoms with Gasteiger partial charge in [0.2, 0.25) is 15.9 Å². The van der Waals surface area contributed by atoms with Crippen molar-refractivity contribution in [2.24, 2.45) is 0 Å². The number of hydrogen-bond donors (Lipinski definition) is 1. The third-order valence-electron chi connectivity index (χ3n) is 4.83. The van der Waals surface area contributed by atoms with E-state index >= 15 is 0 Å². The second kappa shape index (κ2) is 8.09. The van der Waals surface area contributed by atoms with Gasteiger partial charge >= 0.3 is 0 Å². The van der Waals surface area contributed by atoms with E-state index in [1.807, 2.05) is 0 Å². The molecule has 0 bridgehead atoms. The lowest BCUT2D eigenvalue weighted by atomic mass is 9.98. The summed E-state index contributed by atoms with van der Waals surface area (Å²) in [6.45, 7) is 5.50. The third kappa shape index (κ3) is 4.08. The van der Waals surface area contributed by atoms with E-state index in [0.717, 1.165) is 38.3 Å². The Balaban J connectivity index is 0.00000208. The molecule has 2 aliphatic rings. The van der Waals surface area contributed by atoms with Crippen molar-refractivity contribution >= 4 is 22.4 Å². The Morgan fingerprint density at radius 3 is 2.62 bits per heavy atom. The molecule has 2 saturated heterocycles. The topological polar surface area (TPSA) is 91.6 Å². The summed E-state index contributed by atoms with van der Waals surface area (Å²) in [4.78, 5) is 6.81. The molecular weight excluding hydrogens is 354 g/mol. The highest BCUT2D eigenvalue weighted by molar-refractivity contribution is 7.89. The Kier molecular flexibility index (Phi) is 6.60. The molecular formula is C14H26ClN5O3S. The van der Waals surface area contributed by atoms with Crippen LogP contribution in [-0.4, -0.2) is 73.3 Å². The van der Waals surface area contributed by atoms with Gasteiger partial charge in [-0.3, -0.25) is 4.90 Å². The van der Waals surface area contributed by atoms with Gasteiger partial charge in [-0.15, -0.1) is 12.4 Å². The van der Waals surface area contributed by atoms with Gasteiger partial charge in [0.05, 0.1) is 11.8 Å². The maximum absolute atomic E-state index is 11.9. The van der Waals surface area contributed by atoms with Crippen LogP contribution in [0.25, 0.3) is 0 Å². The first-order chi connectivity index (χ1) is 11.0. The van der Waals surface area contributed by atoms with Gasteiger partial charge in [-0.25, -0.2) is 12.7 Å². The number of rotatable bonds is 4. The van der Waals surface area contributed by atoms with E-state index in [1.54, 1.807) is 11.2 Å². The van der Waals surface area contributed by atoms with Gasteiger partial charge in [0, 0.05) is 38.6 Å². The van der Waals surface area contributed by atoms with Crippen LogP contribution in [0, 0.1) is 0 Å². The highest BCUT2D eigenvalue weighted by atomic mass is 35.5. The fourth-order valence-corrected chi connectivity index (χ4v) is 4.34. The normalized spacial score (nSPS) is 24.7. The average Bonchev–Trinajstić information content (AvgIpc) is 3.05. The summed E-state index contributed by atoms with van der Waals surface area (Å²) < 4.78 is 30.9. The Bertz CT molecular complexity index is 630. The molecule has 1 unspecified atom stereocenters. The van der Waals surface area contributed by atoms with Crippen LogP contribution in [0.3, 0.4) is 0 Å². The van der Waals surface area contributed by atoms with Gasteiger partial charge in [0.1, 0.15) is 0 Å². The summed E-state index contributed by atoms with van der Waals surface area (Å²) in [5.74, 6) is 1.68. The first-order valence-corrected chi connectivity index (χ1v) is 9.84. The second-order valence-electron chi connectivity index (χ2n) is 6.27. The van der Waals surface area contributed by atoms with E-state index < -0.39 is 10.0 Å². The lowest BCUT2D eigenvalue weighted by Gasteiger charge is -2.30. The quantitative estimate of drug-likeness (QED) is 0.818. The van der Waals surface area contributed by atoms with E-state index in [-0.39, 0.29) is 30.1 Å². The maximum Gasteiger partial charge on any atom is 0.229 e. The Labute approximate surface area is 149 Å². The summed E-state index contributed by atoms with van der Waals surface area (Å²) in [7, 11) is -1.03. The van der Waals surface area contributed by atoms with Crippen LogP contribution in [0.15, 0.2) is 4.52 Å². The zero-order valence-corrected chi connectivity index (χ0v) is 15.8. The van der Waals surface area contributed by atoms with E-state index in [0.29, 0.717) is 19.0 Å². The lowest BCUT2D eigenvalue weighted by molar-refractivity contribution is 0.190. The van der Waals surface area contributed by atoms with Crippen LogP contribution in [0.1, 0.15) is 43.4 Å². The van der Waals surface area contributed by atoms with Crippen LogP contribution in [0.5, 0.6) is 0 Å². The molecule has 1 aromatic rings. The van der Waals surface area contributed by atoms with Crippen molar-refractivity contribution in [1.29, 1.82) is 0 Å². The van der Waals surface area contributed by atoms with Crippen LogP contribution >= 0.6 is 12.4 Å². The molecule has 0 spiro atoms. The van der Waals surface area contributed by atoms with Crippen molar-refractivity contribution in [1.82, 2.24) is 24.7 Å². The molecule has 1 aromatic heterocycles. The smallest absolute Gasteiger partial charge is 0.229 e. The fourth-order valence-electron chi connectivity index (χ4n) is 3.21. The van der Waals surface area contributed by atoms with E-state index in [9.17, 15) is 8.42 Å². The standard InChI is InChI=1S/C14H25N5O3S.ClH/c1-3-23(20,21)19-7-4-11(5-8-19)14-16-13(17-22-14)12-10-15-6-9-18(12)2;/h11-12,15H,3-10H2,1-2H3;1H. The zero-order chi connectivity index (χ0) is 16.4. The first-order valence-electron chi connectivity index (χ1n) is 8.23. The lowest BCUT2D eigenvalue weighted by Crippen LogP contribution is -2.44. The molecule has 0 aliphatic carbocycles. The minimum atomic E-state index is -3.09. The largest absolute Gasteiger partial charge is 0.339 e. The van der Waals surface area contributed by atoms with Gasteiger partial charge in [0.15, 0.2) is 5.82 Å². The van der Waals surface area contributed by atoms with E-state index in [2.05, 4.69) is 27.4 Å². The minimum absolute atomic E-state index is 0. The monoisotopic (exact) mass is 379 g/mol. The second-order valence-corrected chi connectivity index (χ2v) is 8.52. The van der Waals surface area contributed by atoms with Crippen LogP contribution in [-0.2, 0) is 10.0 Å². The maximum atomic E-state index is 11.9. The molecule has 3 rings (SSSR count). The summed E-state index contributed by atoms with van der Waals surface area (Å²) in [5.41, 5.74) is 0. The minimum Gasteiger partial charge on any atom is -0.339 e. The SMILES string of the molecule is CCS(=O)(=O)N1CCC(c2nc(C3CNCCN3C)no2)CC1.Cl. The Morgan fingerprint density at radius 1 is 1.29 bits per heavy atom. The molecule has 2 fully saturated rings. The van der Waals surface area contributed by atoms with Crippen molar-refractivity contribution in [2.45, 2.75) is 31.7 Å². The number of sulfonamides is 1. The molecule has 10 heteroatoms. The molecule has 0 saturated carbocycles. The van der Waals surface area contributed by atoms with Crippen molar-refractivity contribution in [2.75, 3.05) is 45.5 Å². The third-order valence-corrected chi connectivity index (χ3v) is 6.71. The molecule has 0 amide bonds. The van der Waals surface area contributed by atoms with Crippen molar-refractivity contribution in [3.8, 4) is 0 Å². The number of hydrogen-bond acceptors (Lipinski definition) is 7. The zero-order valence-electron chi connectivity index (χ0n) is 14.1. The van der Waals surface area contributed by atoms with Crippen LogP contribution in [0.4, 0.5) is 0 Å². The summed E-state index contributed by atoms with van der Waals surface area (Å²) in [6.07, 6.45) is 1.47. The number of nitrogens with zero attached hydrogens (tertiary/aromatic N) is 4. The number of nitrogens with one attached hydrogen (secondary N) is 1. The molecule has 138 valence electrons. The van der Waals surface area contributed by atoms with Crippen LogP contribution < -0.4 is 5.32 Å². The van der Waals surface area contributed by atoms with E-state index in [4.69, 9.17) is 4.52 Å². The summed E-state index contributed by atoms with van der Waals surface area (Å²) >= 11 is 0. The highest BCUT2D eigenvalue weighted by Crippen LogP contribution is 2.29.